The highest BCUT2D eigenvalue weighted by Gasteiger charge is 2.31. The highest BCUT2D eigenvalue weighted by Crippen LogP contribution is 2.32. The molecule has 1 saturated heterocycles. The van der Waals surface area contributed by atoms with Crippen molar-refractivity contribution in [3.05, 3.63) is 59.9 Å². The van der Waals surface area contributed by atoms with Gasteiger partial charge in [-0.05, 0) is 75.0 Å². The van der Waals surface area contributed by atoms with Gasteiger partial charge in [0.2, 0.25) is 10.0 Å². The minimum Gasteiger partial charge on any atom is -0.494 e. The van der Waals surface area contributed by atoms with Crippen molar-refractivity contribution in [2.24, 2.45) is 5.92 Å². The number of carbonyl (C=O) groups excluding carboxylic acids is 1. The molecule has 0 spiro atoms. The van der Waals surface area contributed by atoms with Crippen LogP contribution in [0.4, 0.5) is 4.39 Å². The normalized spacial score (nSPS) is 19.5. The van der Waals surface area contributed by atoms with Crippen LogP contribution < -0.4 is 9.46 Å². The number of sulfonamides is 1. The molecule has 8 heteroatoms. The second-order valence-electron chi connectivity index (χ2n) is 8.11. The molecule has 2 fully saturated rings. The molecule has 2 aromatic rings. The van der Waals surface area contributed by atoms with Crippen LogP contribution in [0.15, 0.2) is 53.4 Å². The maximum atomic E-state index is 13.9. The van der Waals surface area contributed by atoms with E-state index in [4.69, 9.17) is 4.74 Å². The Morgan fingerprint density at radius 2 is 1.84 bits per heavy atom. The van der Waals surface area contributed by atoms with E-state index in [1.54, 1.807) is 0 Å². The highest BCUT2D eigenvalue weighted by molar-refractivity contribution is 7.89. The summed E-state index contributed by atoms with van der Waals surface area (Å²) in [7, 11) is -3.92. The Morgan fingerprint density at radius 1 is 1.10 bits per heavy atom. The van der Waals surface area contributed by atoms with Gasteiger partial charge in [0.25, 0.3) is 0 Å². The number of ether oxygens (including phenoxy) is 1. The molecule has 0 bridgehead atoms. The number of hydrogen-bond donors (Lipinski definition) is 1. The number of rotatable bonds is 10. The van der Waals surface area contributed by atoms with Crippen LogP contribution in [0, 0.1) is 11.7 Å². The molecule has 1 aliphatic heterocycles. The fourth-order valence-electron chi connectivity index (χ4n) is 3.89. The van der Waals surface area contributed by atoms with Gasteiger partial charge in [-0.25, -0.2) is 12.8 Å². The number of halogens is 1. The zero-order valence-corrected chi connectivity index (χ0v) is 18.1. The number of carbonyl (C=O) groups is 1. The molecule has 1 aliphatic carbocycles. The first-order valence-corrected chi connectivity index (χ1v) is 12.2. The van der Waals surface area contributed by atoms with E-state index in [-0.39, 0.29) is 22.8 Å². The number of hydrogen-bond acceptors (Lipinski definition) is 5. The van der Waals surface area contributed by atoms with E-state index < -0.39 is 15.8 Å². The first kappa shape index (κ1) is 21.9. The lowest BCUT2D eigenvalue weighted by Gasteiger charge is -2.25. The van der Waals surface area contributed by atoms with Gasteiger partial charge in [-0.1, -0.05) is 12.1 Å². The van der Waals surface area contributed by atoms with Gasteiger partial charge in [0.15, 0.2) is 5.78 Å². The SMILES string of the molecule is O=C(c1ccc(OCCCN2CCCC2NS(=O)(=O)c2ccccc2F)cc1)C1CC1. The molecular weight excluding hydrogens is 419 g/mol. The molecule has 6 nitrogen and oxygen atoms in total. The smallest absolute Gasteiger partial charge is 0.244 e. The van der Waals surface area contributed by atoms with Crippen LogP contribution in [-0.4, -0.2) is 45.0 Å². The summed E-state index contributed by atoms with van der Waals surface area (Å²) in [6.07, 6.45) is 3.92. The second kappa shape index (κ2) is 9.46. The van der Waals surface area contributed by atoms with Crippen molar-refractivity contribution in [1.82, 2.24) is 9.62 Å². The van der Waals surface area contributed by atoms with Crippen molar-refractivity contribution in [1.29, 1.82) is 0 Å². The van der Waals surface area contributed by atoms with E-state index in [0.29, 0.717) is 25.3 Å². The standard InChI is InChI=1S/C23H27FN2O4S/c24-20-5-1-2-6-21(20)31(28,29)25-22-7-3-14-26(22)15-4-16-30-19-12-10-18(11-13-19)23(27)17-8-9-17/h1-2,5-6,10-13,17,22,25H,3-4,7-9,14-16H2. The van der Waals surface area contributed by atoms with Crippen molar-refractivity contribution in [3.63, 3.8) is 0 Å². The third-order valence-corrected chi connectivity index (χ3v) is 7.22. The fraction of sp³-hybridized carbons (Fsp3) is 0.435. The van der Waals surface area contributed by atoms with Crippen LogP contribution >= 0.6 is 0 Å². The quantitative estimate of drug-likeness (QED) is 0.446. The van der Waals surface area contributed by atoms with Crippen LogP contribution in [0.5, 0.6) is 5.75 Å². The molecule has 1 saturated carbocycles. The lowest BCUT2D eigenvalue weighted by Crippen LogP contribution is -2.44. The maximum Gasteiger partial charge on any atom is 0.244 e. The predicted octanol–water partition coefficient (Wildman–Crippen LogP) is 3.59. The van der Waals surface area contributed by atoms with Gasteiger partial charge in [0, 0.05) is 18.0 Å². The average Bonchev–Trinajstić information content (AvgIpc) is 3.52. The van der Waals surface area contributed by atoms with E-state index >= 15 is 0 Å². The number of nitrogens with one attached hydrogen (secondary N) is 1. The number of Topliss-reactive ketones (excluding diaryl/α,β-unsaturated/α-hetero) is 1. The predicted molar refractivity (Wildman–Crippen MR) is 115 cm³/mol. The number of benzene rings is 2. The molecule has 0 aromatic heterocycles. The van der Waals surface area contributed by atoms with Crippen molar-refractivity contribution >= 4 is 15.8 Å². The first-order chi connectivity index (χ1) is 14.9. The van der Waals surface area contributed by atoms with Gasteiger partial charge in [-0.15, -0.1) is 0 Å². The molecule has 1 atom stereocenters. The van der Waals surface area contributed by atoms with Crippen molar-refractivity contribution in [3.8, 4) is 5.75 Å². The van der Waals surface area contributed by atoms with E-state index in [1.807, 2.05) is 24.3 Å². The summed E-state index contributed by atoms with van der Waals surface area (Å²) in [5, 5.41) is 0. The number of nitrogens with zero attached hydrogens (tertiary/aromatic N) is 1. The Hall–Kier alpha value is -2.29. The van der Waals surface area contributed by atoms with E-state index in [9.17, 15) is 17.6 Å². The maximum absolute atomic E-state index is 13.9. The molecule has 0 radical (unpaired) electrons. The summed E-state index contributed by atoms with van der Waals surface area (Å²) < 4.78 is 47.4. The summed E-state index contributed by atoms with van der Waals surface area (Å²) in [5.74, 6) is 0.379. The van der Waals surface area contributed by atoms with Crippen molar-refractivity contribution in [2.75, 3.05) is 19.7 Å². The third-order valence-electron chi connectivity index (χ3n) is 5.73. The molecular formula is C23H27FN2O4S. The van der Waals surface area contributed by atoms with E-state index in [0.717, 1.165) is 43.9 Å². The summed E-state index contributed by atoms with van der Waals surface area (Å²) in [5.41, 5.74) is 0.733. The van der Waals surface area contributed by atoms with Crippen LogP contribution in [0.2, 0.25) is 0 Å². The van der Waals surface area contributed by atoms with Crippen LogP contribution in [0.25, 0.3) is 0 Å². The van der Waals surface area contributed by atoms with Crippen LogP contribution in [-0.2, 0) is 10.0 Å². The topological polar surface area (TPSA) is 75.7 Å². The highest BCUT2D eigenvalue weighted by atomic mass is 32.2. The largest absolute Gasteiger partial charge is 0.494 e. The second-order valence-corrected chi connectivity index (χ2v) is 9.79. The van der Waals surface area contributed by atoms with Crippen molar-refractivity contribution in [2.45, 2.75) is 43.2 Å². The average molecular weight is 447 g/mol. The summed E-state index contributed by atoms with van der Waals surface area (Å²) in [6, 6.07) is 12.6. The zero-order valence-electron chi connectivity index (χ0n) is 17.3. The van der Waals surface area contributed by atoms with Gasteiger partial charge in [-0.3, -0.25) is 9.69 Å². The van der Waals surface area contributed by atoms with Gasteiger partial charge in [0.1, 0.15) is 16.5 Å². The summed E-state index contributed by atoms with van der Waals surface area (Å²) in [6.45, 7) is 1.93. The molecule has 2 aromatic carbocycles. The minimum atomic E-state index is -3.92. The third kappa shape index (κ3) is 5.50. The number of ketones is 1. The number of likely N-dealkylation sites (tertiary alicyclic amines) is 1. The lowest BCUT2D eigenvalue weighted by atomic mass is 10.1. The first-order valence-electron chi connectivity index (χ1n) is 10.7. The molecule has 4 rings (SSSR count). The Morgan fingerprint density at radius 3 is 2.55 bits per heavy atom. The summed E-state index contributed by atoms with van der Waals surface area (Å²) in [4.78, 5) is 13.8. The van der Waals surface area contributed by atoms with Crippen molar-refractivity contribution < 1.29 is 22.3 Å². The van der Waals surface area contributed by atoms with Crippen LogP contribution in [0.3, 0.4) is 0 Å². The monoisotopic (exact) mass is 446 g/mol. The van der Waals surface area contributed by atoms with Gasteiger partial charge in [0.05, 0.1) is 12.8 Å². The molecule has 166 valence electrons. The van der Waals surface area contributed by atoms with E-state index in [1.165, 1.54) is 18.2 Å². The Bertz CT molecular complexity index is 1020. The van der Waals surface area contributed by atoms with Gasteiger partial charge >= 0.3 is 0 Å². The Kier molecular flexibility index (Phi) is 6.69. The fourth-order valence-corrected chi connectivity index (χ4v) is 5.22. The zero-order chi connectivity index (χ0) is 21.8. The lowest BCUT2D eigenvalue weighted by molar-refractivity contribution is 0.0967. The molecule has 1 N–H and O–H groups in total. The van der Waals surface area contributed by atoms with Gasteiger partial charge in [-0.2, -0.15) is 4.72 Å². The summed E-state index contributed by atoms with van der Waals surface area (Å²) >= 11 is 0. The molecule has 0 amide bonds. The van der Waals surface area contributed by atoms with Crippen LogP contribution in [0.1, 0.15) is 42.5 Å². The Balaban J connectivity index is 1.25. The molecule has 2 aliphatic rings. The molecule has 31 heavy (non-hydrogen) atoms. The molecule has 1 unspecified atom stereocenters. The van der Waals surface area contributed by atoms with Gasteiger partial charge < -0.3 is 4.74 Å². The van der Waals surface area contributed by atoms with E-state index in [2.05, 4.69) is 9.62 Å². The minimum absolute atomic E-state index is 0.205. The Labute approximate surface area is 182 Å². The molecule has 1 heterocycles.